The first kappa shape index (κ1) is 26.9. The Balaban J connectivity index is 0. The molecule has 1 heterocycles. The van der Waals surface area contributed by atoms with E-state index in [1.54, 1.807) is 0 Å². The van der Waals surface area contributed by atoms with Crippen LogP contribution in [-0.4, -0.2) is 41.6 Å². The van der Waals surface area contributed by atoms with Crippen molar-refractivity contribution in [2.24, 2.45) is 0 Å². The van der Waals surface area contributed by atoms with Crippen LogP contribution < -0.4 is 0 Å². The Morgan fingerprint density at radius 2 is 1.56 bits per heavy atom. The van der Waals surface area contributed by atoms with Gasteiger partial charge in [0, 0.05) is 6.54 Å². The van der Waals surface area contributed by atoms with Crippen molar-refractivity contribution < 1.29 is 24.3 Å². The summed E-state index contributed by atoms with van der Waals surface area (Å²) in [5.41, 5.74) is 2.32. The molecule has 1 rings (SSSR count). The second-order valence-corrected chi connectivity index (χ2v) is 11.5. The molecule has 145 valence electrons. The van der Waals surface area contributed by atoms with Gasteiger partial charge in [-0.3, -0.25) is 6.79 Å². The van der Waals surface area contributed by atoms with E-state index >= 15 is 0 Å². The summed E-state index contributed by atoms with van der Waals surface area (Å²) in [5, 5.41) is 5.49. The van der Waals surface area contributed by atoms with Gasteiger partial charge in [0.15, 0.2) is 0 Å². The Labute approximate surface area is 169 Å². The fourth-order valence-electron chi connectivity index (χ4n) is 2.86. The molecule has 0 aromatic heterocycles. The molecule has 0 aliphatic carbocycles. The summed E-state index contributed by atoms with van der Waals surface area (Å²) < 4.78 is 0. The first-order valence-corrected chi connectivity index (χ1v) is 10.0. The van der Waals surface area contributed by atoms with Crippen molar-refractivity contribution in [2.45, 2.75) is 65.7 Å². The molecule has 0 fully saturated rings. The van der Waals surface area contributed by atoms with Crippen LogP contribution in [0.25, 0.3) is 5.32 Å². The van der Waals surface area contributed by atoms with Gasteiger partial charge in [-0.2, -0.15) is 0 Å². The SMILES string of the molecule is CCN(CC)CC1=CC=C/C(=C/P(C(C)(C)C)C(C)(C)C)[N-]1.[CH-]=O.[RuH+2]. The normalized spacial score (nSPS) is 16.1. The van der Waals surface area contributed by atoms with Crippen molar-refractivity contribution in [1.82, 2.24) is 4.90 Å². The molecule has 0 saturated heterocycles. The number of nitrogens with zero attached hydrogens (tertiary/aromatic N) is 2. The zero-order valence-electron chi connectivity index (χ0n) is 17.1. The van der Waals surface area contributed by atoms with Crippen LogP contribution in [0.15, 0.2) is 35.4 Å². The first-order valence-electron chi connectivity index (χ1n) is 8.64. The Hall–Kier alpha value is -0.297. The predicted octanol–water partition coefficient (Wildman–Crippen LogP) is 5.53. The van der Waals surface area contributed by atoms with Crippen LogP contribution in [0.4, 0.5) is 0 Å². The van der Waals surface area contributed by atoms with Crippen molar-refractivity contribution in [3.05, 3.63) is 40.8 Å². The van der Waals surface area contributed by atoms with E-state index in [2.05, 4.69) is 91.1 Å². The van der Waals surface area contributed by atoms with Crippen molar-refractivity contribution in [1.29, 1.82) is 0 Å². The second kappa shape index (κ2) is 12.2. The molecule has 3 nitrogen and oxygen atoms in total. The van der Waals surface area contributed by atoms with Gasteiger partial charge in [-0.15, -0.1) is 11.4 Å². The number of hydrogen-bond donors (Lipinski definition) is 0. The number of hydrogen-bond acceptors (Lipinski definition) is 2. The minimum absolute atomic E-state index is 0. The van der Waals surface area contributed by atoms with Gasteiger partial charge < -0.3 is 15.0 Å². The maximum absolute atomic E-state index is 7.75. The van der Waals surface area contributed by atoms with Crippen LogP contribution in [0.1, 0.15) is 55.4 Å². The molecule has 0 bridgehead atoms. The van der Waals surface area contributed by atoms with Crippen molar-refractivity contribution in [3.8, 4) is 0 Å². The zero-order chi connectivity index (χ0) is 19.0. The molecule has 0 atom stereocenters. The monoisotopic (exact) mass is 453 g/mol. The van der Waals surface area contributed by atoms with Gasteiger partial charge in [0.25, 0.3) is 0 Å². The van der Waals surface area contributed by atoms with E-state index in [9.17, 15) is 0 Å². The topological polar surface area (TPSA) is 34.4 Å². The standard InChI is InChI=1S/C19H34N2P.CHO.Ru.H/c1-9-21(10-2)14-16-12-11-13-17(20-16)15-22(18(3,4)5)19(6,7)8;1-2;;/h11-13,15H,9-10,14H2,1-8H3;1H;;/q2*-1;+2;/b17-15-;;;. The Morgan fingerprint density at radius 3 is 1.96 bits per heavy atom. The van der Waals surface area contributed by atoms with E-state index < -0.39 is 0 Å². The van der Waals surface area contributed by atoms with Gasteiger partial charge in [-0.25, -0.2) is 0 Å². The average Bonchev–Trinajstić information content (AvgIpc) is 2.50. The Kier molecular flexibility index (Phi) is 13.1. The van der Waals surface area contributed by atoms with Gasteiger partial charge in [0.1, 0.15) is 0 Å². The molecule has 0 aromatic rings. The van der Waals surface area contributed by atoms with Gasteiger partial charge in [0.2, 0.25) is 0 Å². The summed E-state index contributed by atoms with van der Waals surface area (Å²) in [7, 11) is -0.260. The van der Waals surface area contributed by atoms with E-state index in [1.165, 1.54) is 5.70 Å². The van der Waals surface area contributed by atoms with Crippen molar-refractivity contribution >= 4 is 14.7 Å². The van der Waals surface area contributed by atoms with Crippen molar-refractivity contribution in [2.75, 3.05) is 19.6 Å². The Morgan fingerprint density at radius 1 is 1.08 bits per heavy atom. The molecule has 5 heteroatoms. The third-order valence-corrected chi connectivity index (χ3v) is 7.23. The van der Waals surface area contributed by atoms with Crippen molar-refractivity contribution in [3.63, 3.8) is 0 Å². The number of allylic oxidation sites excluding steroid dienone is 3. The molecule has 0 aromatic carbocycles. The molecule has 0 saturated carbocycles. The summed E-state index contributed by atoms with van der Waals surface area (Å²) in [6.07, 6.45) is 6.45. The summed E-state index contributed by atoms with van der Waals surface area (Å²) in [6, 6.07) is 0. The number of rotatable bonds is 5. The fourth-order valence-corrected chi connectivity index (χ4v) is 6.06. The molecular formula is C20H36N2OPRu. The van der Waals surface area contributed by atoms with E-state index in [0.29, 0.717) is 10.3 Å². The van der Waals surface area contributed by atoms with Crippen LogP contribution in [0, 0.1) is 0 Å². The number of carbonyl (C=O) groups excluding carboxylic acids is 1. The second-order valence-electron chi connectivity index (χ2n) is 7.86. The summed E-state index contributed by atoms with van der Waals surface area (Å²) >= 11 is 0. The molecule has 1 aliphatic heterocycles. The van der Waals surface area contributed by atoms with Crippen LogP contribution in [0.2, 0.25) is 0 Å². The van der Waals surface area contributed by atoms with Gasteiger partial charge in [-0.1, -0.05) is 87.4 Å². The zero-order valence-corrected chi connectivity index (χ0v) is 19.9. The van der Waals surface area contributed by atoms with Gasteiger partial charge in [0.05, 0.1) is 0 Å². The van der Waals surface area contributed by atoms with Gasteiger partial charge in [-0.05, 0) is 23.4 Å². The molecule has 0 unspecified atom stereocenters. The third kappa shape index (κ3) is 9.83. The van der Waals surface area contributed by atoms with Crippen LogP contribution >= 0.6 is 7.92 Å². The summed E-state index contributed by atoms with van der Waals surface area (Å²) in [4.78, 5) is 10.2. The first-order chi connectivity index (χ1) is 11.1. The van der Waals surface area contributed by atoms with Crippen LogP contribution in [0.3, 0.4) is 0 Å². The van der Waals surface area contributed by atoms with Gasteiger partial charge >= 0.3 is 19.5 Å². The predicted molar refractivity (Wildman–Crippen MR) is 111 cm³/mol. The van der Waals surface area contributed by atoms with Crippen LogP contribution in [-0.2, 0) is 24.3 Å². The van der Waals surface area contributed by atoms with E-state index in [4.69, 9.17) is 10.1 Å². The Bertz CT molecular complexity index is 455. The van der Waals surface area contributed by atoms with E-state index in [-0.39, 0.29) is 27.4 Å². The van der Waals surface area contributed by atoms with Crippen LogP contribution in [0.5, 0.6) is 0 Å². The fraction of sp³-hybridized carbons (Fsp3) is 0.650. The maximum atomic E-state index is 7.75. The molecule has 0 spiro atoms. The molecule has 0 radical (unpaired) electrons. The molecule has 0 amide bonds. The average molecular weight is 453 g/mol. The quantitative estimate of drug-likeness (QED) is 0.238. The van der Waals surface area contributed by atoms with E-state index in [0.717, 1.165) is 25.3 Å². The third-order valence-electron chi connectivity index (χ3n) is 3.82. The minimum atomic E-state index is -0.260. The molecular weight excluding hydrogens is 416 g/mol. The summed E-state index contributed by atoms with van der Waals surface area (Å²) in [5.74, 6) is 2.43. The number of likely N-dealkylation sites (N-methyl/N-ethyl adjacent to an activating group) is 1. The molecule has 25 heavy (non-hydrogen) atoms. The summed E-state index contributed by atoms with van der Waals surface area (Å²) in [6.45, 7) is 24.8. The van der Waals surface area contributed by atoms with E-state index in [1.807, 2.05) is 0 Å². The molecule has 1 aliphatic rings. The molecule has 0 N–H and O–H groups in total.